The van der Waals surface area contributed by atoms with Gasteiger partial charge < -0.3 is 29.6 Å². The van der Waals surface area contributed by atoms with Crippen LogP contribution >= 0.6 is 0 Å². The third kappa shape index (κ3) is 6.36. The summed E-state index contributed by atoms with van der Waals surface area (Å²) in [7, 11) is 2.92. The average molecular weight is 428 g/mol. The maximum atomic E-state index is 12.2. The molecule has 0 atom stereocenters. The van der Waals surface area contributed by atoms with Gasteiger partial charge in [-0.05, 0) is 43.2 Å². The molecule has 1 aliphatic rings. The van der Waals surface area contributed by atoms with E-state index in [9.17, 15) is 14.4 Å². The molecule has 2 aromatic rings. The quantitative estimate of drug-likeness (QED) is 0.558. The molecule has 0 bridgehead atoms. The first-order chi connectivity index (χ1) is 15.0. The minimum atomic E-state index is -0.662. The van der Waals surface area contributed by atoms with E-state index in [0.717, 1.165) is 12.8 Å². The van der Waals surface area contributed by atoms with Crippen molar-refractivity contribution in [2.24, 2.45) is 0 Å². The van der Waals surface area contributed by atoms with E-state index in [1.807, 2.05) is 0 Å². The number of amides is 2. The highest BCUT2D eigenvalue weighted by Crippen LogP contribution is 2.29. The maximum Gasteiger partial charge on any atom is 0.338 e. The average Bonchev–Trinajstić information content (AvgIpc) is 3.60. The van der Waals surface area contributed by atoms with Crippen molar-refractivity contribution in [2.45, 2.75) is 18.9 Å². The molecule has 0 saturated heterocycles. The van der Waals surface area contributed by atoms with Crippen LogP contribution in [0.15, 0.2) is 42.5 Å². The number of carbonyl (C=O) groups is 3. The fraction of sp³-hybridized carbons (Fsp3) is 0.318. The van der Waals surface area contributed by atoms with Crippen molar-refractivity contribution in [3.8, 4) is 17.2 Å². The monoisotopic (exact) mass is 428 g/mol. The first kappa shape index (κ1) is 21.9. The fourth-order valence-electron chi connectivity index (χ4n) is 2.70. The zero-order valence-corrected chi connectivity index (χ0v) is 17.3. The summed E-state index contributed by atoms with van der Waals surface area (Å²) in [6.07, 6.45) is 1.91. The molecule has 9 nitrogen and oxygen atoms in total. The number of rotatable bonds is 10. The van der Waals surface area contributed by atoms with Crippen molar-refractivity contribution in [1.29, 1.82) is 0 Å². The Labute approximate surface area is 179 Å². The summed E-state index contributed by atoms with van der Waals surface area (Å²) in [5, 5.41) is 5.44. The van der Waals surface area contributed by atoms with Crippen molar-refractivity contribution < 1.29 is 33.3 Å². The Morgan fingerprint density at radius 3 is 2.35 bits per heavy atom. The molecule has 0 unspecified atom stereocenters. The Hall–Kier alpha value is -3.75. The lowest BCUT2D eigenvalue weighted by Gasteiger charge is -2.13. The third-order valence-corrected chi connectivity index (χ3v) is 4.42. The Balaban J connectivity index is 1.54. The Morgan fingerprint density at radius 1 is 0.903 bits per heavy atom. The number of esters is 1. The van der Waals surface area contributed by atoms with Gasteiger partial charge in [0.2, 0.25) is 0 Å². The molecule has 2 N–H and O–H groups in total. The summed E-state index contributed by atoms with van der Waals surface area (Å²) < 4.78 is 21.0. The molecule has 1 saturated carbocycles. The maximum absolute atomic E-state index is 12.2. The molecule has 31 heavy (non-hydrogen) atoms. The van der Waals surface area contributed by atoms with Gasteiger partial charge in [0.25, 0.3) is 11.8 Å². The normalized spacial score (nSPS) is 12.5. The first-order valence-electron chi connectivity index (χ1n) is 9.70. The van der Waals surface area contributed by atoms with Crippen LogP contribution in [0.3, 0.4) is 0 Å². The van der Waals surface area contributed by atoms with Crippen molar-refractivity contribution >= 4 is 23.5 Å². The highest BCUT2D eigenvalue weighted by Gasteiger charge is 2.24. The highest BCUT2D eigenvalue weighted by atomic mass is 16.5. The van der Waals surface area contributed by atoms with Gasteiger partial charge in [-0.2, -0.15) is 0 Å². The number of methoxy groups -OCH3 is 2. The molecule has 1 fully saturated rings. The smallest absolute Gasteiger partial charge is 0.338 e. The van der Waals surface area contributed by atoms with Crippen molar-refractivity contribution in [1.82, 2.24) is 5.32 Å². The van der Waals surface area contributed by atoms with Gasteiger partial charge in [0.1, 0.15) is 5.75 Å². The number of carbonyl (C=O) groups excluding carboxylic acids is 3. The second-order valence-electron chi connectivity index (χ2n) is 6.82. The van der Waals surface area contributed by atoms with Crippen molar-refractivity contribution in [2.75, 3.05) is 32.8 Å². The second kappa shape index (κ2) is 10.3. The summed E-state index contributed by atoms with van der Waals surface area (Å²) in [4.78, 5) is 36.0. The summed E-state index contributed by atoms with van der Waals surface area (Å²) in [5.41, 5.74) is 0.719. The van der Waals surface area contributed by atoms with Crippen LogP contribution in [0.5, 0.6) is 17.2 Å². The molecule has 1 aliphatic carbocycles. The number of hydrogen-bond donors (Lipinski definition) is 2. The number of benzene rings is 2. The van der Waals surface area contributed by atoms with E-state index in [0.29, 0.717) is 11.4 Å². The van der Waals surface area contributed by atoms with Crippen LogP contribution in [0.4, 0.5) is 5.69 Å². The third-order valence-electron chi connectivity index (χ3n) is 4.42. The van der Waals surface area contributed by atoms with Crippen LogP contribution < -0.4 is 24.8 Å². The van der Waals surface area contributed by atoms with E-state index in [2.05, 4.69) is 10.6 Å². The lowest BCUT2D eigenvalue weighted by Crippen LogP contribution is -2.30. The summed E-state index contributed by atoms with van der Waals surface area (Å²) >= 11 is 0. The van der Waals surface area contributed by atoms with Crippen LogP contribution in [-0.2, 0) is 14.3 Å². The molecule has 3 rings (SSSR count). The predicted octanol–water partition coefficient (Wildman–Crippen LogP) is 2.16. The molecule has 0 heterocycles. The number of anilines is 1. The van der Waals surface area contributed by atoms with Crippen LogP contribution in [0.2, 0.25) is 0 Å². The molecular weight excluding hydrogens is 404 g/mol. The van der Waals surface area contributed by atoms with Gasteiger partial charge >= 0.3 is 5.97 Å². The zero-order valence-electron chi connectivity index (χ0n) is 17.3. The summed E-state index contributed by atoms with van der Waals surface area (Å²) in [5.74, 6) is -0.324. The summed E-state index contributed by atoms with van der Waals surface area (Å²) in [6.45, 7) is -0.626. The van der Waals surface area contributed by atoms with Crippen LogP contribution in [0.1, 0.15) is 23.2 Å². The van der Waals surface area contributed by atoms with Gasteiger partial charge in [0, 0.05) is 6.04 Å². The fourth-order valence-corrected chi connectivity index (χ4v) is 2.70. The number of nitrogens with one attached hydrogen (secondary N) is 2. The van der Waals surface area contributed by atoms with Crippen LogP contribution in [0.25, 0.3) is 0 Å². The number of hydrogen-bond acceptors (Lipinski definition) is 7. The van der Waals surface area contributed by atoms with Crippen molar-refractivity contribution in [3.05, 3.63) is 48.0 Å². The lowest BCUT2D eigenvalue weighted by molar-refractivity contribution is -0.124. The topological polar surface area (TPSA) is 112 Å². The zero-order chi connectivity index (χ0) is 22.2. The van der Waals surface area contributed by atoms with Gasteiger partial charge in [0.15, 0.2) is 24.7 Å². The molecule has 0 spiro atoms. The minimum absolute atomic E-state index is 0.196. The van der Waals surface area contributed by atoms with E-state index >= 15 is 0 Å². The molecule has 164 valence electrons. The minimum Gasteiger partial charge on any atom is -0.495 e. The molecular formula is C22H24N2O7. The van der Waals surface area contributed by atoms with Crippen LogP contribution in [0, 0.1) is 0 Å². The largest absolute Gasteiger partial charge is 0.495 e. The van der Waals surface area contributed by atoms with Gasteiger partial charge in [-0.15, -0.1) is 0 Å². The summed E-state index contributed by atoms with van der Waals surface area (Å²) in [6, 6.07) is 11.6. The van der Waals surface area contributed by atoms with Crippen molar-refractivity contribution in [3.63, 3.8) is 0 Å². The Bertz CT molecular complexity index is 957. The standard InChI is InChI=1S/C22H24N2O7/c1-28-17-6-4-3-5-16(17)24-21(26)12-30-18-10-7-14(11-19(18)29-2)22(27)31-13-20(25)23-15-8-9-15/h3-7,10-11,15H,8-9,12-13H2,1-2H3,(H,23,25)(H,24,26). The molecule has 0 aromatic heterocycles. The van der Waals surface area contributed by atoms with E-state index in [4.69, 9.17) is 18.9 Å². The molecule has 0 aliphatic heterocycles. The Kier molecular flexibility index (Phi) is 7.31. The predicted molar refractivity (Wildman–Crippen MR) is 112 cm³/mol. The first-order valence-corrected chi connectivity index (χ1v) is 9.70. The van der Waals surface area contributed by atoms with Gasteiger partial charge in [-0.3, -0.25) is 9.59 Å². The number of ether oxygens (including phenoxy) is 4. The van der Waals surface area contributed by atoms with E-state index < -0.39 is 11.9 Å². The lowest BCUT2D eigenvalue weighted by atomic mass is 10.2. The van der Waals surface area contributed by atoms with Crippen LogP contribution in [-0.4, -0.2) is 51.3 Å². The molecule has 0 radical (unpaired) electrons. The SMILES string of the molecule is COc1ccccc1NC(=O)COc1ccc(C(=O)OCC(=O)NC2CC2)cc1OC. The van der Waals surface area contributed by atoms with Gasteiger partial charge in [-0.1, -0.05) is 12.1 Å². The second-order valence-corrected chi connectivity index (χ2v) is 6.82. The molecule has 2 amide bonds. The van der Waals surface area contributed by atoms with E-state index in [1.54, 1.807) is 24.3 Å². The molecule has 9 heteroatoms. The molecule has 2 aromatic carbocycles. The van der Waals surface area contributed by atoms with Gasteiger partial charge in [-0.25, -0.2) is 4.79 Å². The van der Waals surface area contributed by atoms with E-state index in [1.165, 1.54) is 32.4 Å². The van der Waals surface area contributed by atoms with Gasteiger partial charge in [0.05, 0.1) is 25.5 Å². The highest BCUT2D eigenvalue weighted by molar-refractivity contribution is 5.94. The van der Waals surface area contributed by atoms with E-state index in [-0.39, 0.29) is 42.2 Å². The Morgan fingerprint density at radius 2 is 1.65 bits per heavy atom. The number of para-hydroxylation sites is 2.